The van der Waals surface area contributed by atoms with Crippen LogP contribution >= 0.6 is 11.3 Å². The Morgan fingerprint density at radius 1 is 1.22 bits per heavy atom. The van der Waals surface area contributed by atoms with E-state index in [0.717, 1.165) is 40.8 Å². The highest BCUT2D eigenvalue weighted by molar-refractivity contribution is 7.10. The molecule has 3 rings (SSSR count). The van der Waals surface area contributed by atoms with Crippen molar-refractivity contribution in [2.45, 2.75) is 84.7 Å². The van der Waals surface area contributed by atoms with Gasteiger partial charge in [-0.2, -0.15) is 0 Å². The normalized spacial score (nSPS) is 19.8. The highest BCUT2D eigenvalue weighted by Crippen LogP contribution is 2.39. The molecule has 1 fully saturated rings. The van der Waals surface area contributed by atoms with Crippen molar-refractivity contribution in [3.05, 3.63) is 54.6 Å². The summed E-state index contributed by atoms with van der Waals surface area (Å²) in [6.45, 7) is 8.37. The fourth-order valence-electron chi connectivity index (χ4n) is 5.18. The van der Waals surface area contributed by atoms with Crippen LogP contribution < -0.4 is 10.9 Å². The van der Waals surface area contributed by atoms with Gasteiger partial charge in [-0.25, -0.2) is 0 Å². The second kappa shape index (κ2) is 10.8. The van der Waals surface area contributed by atoms with Gasteiger partial charge in [-0.3, -0.25) is 9.59 Å². The summed E-state index contributed by atoms with van der Waals surface area (Å²) in [4.78, 5) is 31.7. The third-order valence-electron chi connectivity index (χ3n) is 7.27. The standard InChI is InChI=1S/C26H39N3O2S/c1-7-20(13-19-8-10-21(11-9-19)29(5)6)24-18(4)23(15-32-24)25(30)27-14-22-16(2)12-17(3)28-26(22)31/h12,15,19-21H,7-11,13-14H2,1-6H3,(H,27,30)(H,28,31). The molecule has 2 aromatic heterocycles. The first-order valence-corrected chi connectivity index (χ1v) is 12.8. The fraction of sp³-hybridized carbons (Fsp3) is 0.615. The van der Waals surface area contributed by atoms with Crippen LogP contribution in [0, 0.1) is 26.7 Å². The zero-order valence-corrected chi connectivity index (χ0v) is 21.3. The third kappa shape index (κ3) is 5.70. The monoisotopic (exact) mass is 457 g/mol. The van der Waals surface area contributed by atoms with Crippen LogP contribution in [0.15, 0.2) is 16.2 Å². The molecule has 0 aromatic carbocycles. The van der Waals surface area contributed by atoms with Crippen molar-refractivity contribution in [3.8, 4) is 0 Å². The van der Waals surface area contributed by atoms with Gasteiger partial charge in [-0.05, 0) is 102 Å². The molecule has 0 radical (unpaired) electrons. The Balaban J connectivity index is 1.64. The van der Waals surface area contributed by atoms with Gasteiger partial charge in [-0.15, -0.1) is 11.3 Å². The minimum Gasteiger partial charge on any atom is -0.348 e. The fourth-order valence-corrected chi connectivity index (χ4v) is 6.45. The molecule has 5 nitrogen and oxygen atoms in total. The molecule has 1 saturated carbocycles. The van der Waals surface area contributed by atoms with Gasteiger partial charge in [0.15, 0.2) is 0 Å². The molecular formula is C26H39N3O2S. The van der Waals surface area contributed by atoms with Crippen molar-refractivity contribution < 1.29 is 4.79 Å². The zero-order valence-electron chi connectivity index (χ0n) is 20.5. The number of hydrogen-bond acceptors (Lipinski definition) is 4. The average Bonchev–Trinajstić information content (AvgIpc) is 3.12. The summed E-state index contributed by atoms with van der Waals surface area (Å²) in [7, 11) is 4.38. The van der Waals surface area contributed by atoms with E-state index < -0.39 is 0 Å². The number of pyridine rings is 1. The summed E-state index contributed by atoms with van der Waals surface area (Å²) in [5, 5.41) is 4.97. The van der Waals surface area contributed by atoms with Gasteiger partial charge in [0, 0.05) is 34.1 Å². The summed E-state index contributed by atoms with van der Waals surface area (Å²) < 4.78 is 0. The minimum absolute atomic E-state index is 0.0919. The van der Waals surface area contributed by atoms with Crippen LogP contribution in [0.25, 0.3) is 0 Å². The SMILES string of the molecule is CCC(CC1CCC(N(C)C)CC1)c1scc(C(=O)NCc2c(C)cc(C)[nH]c2=O)c1C. The highest BCUT2D eigenvalue weighted by Gasteiger charge is 2.27. The Bertz CT molecular complexity index is 983. The number of hydrogen-bond donors (Lipinski definition) is 2. The predicted molar refractivity (Wildman–Crippen MR) is 134 cm³/mol. The van der Waals surface area contributed by atoms with Crippen molar-refractivity contribution in [1.82, 2.24) is 15.2 Å². The molecular weight excluding hydrogens is 418 g/mol. The lowest BCUT2D eigenvalue weighted by atomic mass is 9.79. The maximum Gasteiger partial charge on any atom is 0.253 e. The summed E-state index contributed by atoms with van der Waals surface area (Å²) in [6.07, 6.45) is 7.53. The number of H-pyrrole nitrogens is 1. The quantitative estimate of drug-likeness (QED) is 0.566. The Morgan fingerprint density at radius 2 is 1.91 bits per heavy atom. The number of nitrogens with zero attached hydrogens (tertiary/aromatic N) is 1. The molecule has 1 aliphatic rings. The number of carbonyl (C=O) groups is 1. The summed E-state index contributed by atoms with van der Waals surface area (Å²) >= 11 is 1.72. The molecule has 0 spiro atoms. The first-order chi connectivity index (χ1) is 15.2. The van der Waals surface area contributed by atoms with Crippen LogP contribution in [0.1, 0.15) is 89.0 Å². The Labute approximate surface area is 196 Å². The van der Waals surface area contributed by atoms with E-state index in [9.17, 15) is 9.59 Å². The average molecular weight is 458 g/mol. The lowest BCUT2D eigenvalue weighted by Crippen LogP contribution is -2.32. The van der Waals surface area contributed by atoms with E-state index >= 15 is 0 Å². The van der Waals surface area contributed by atoms with Gasteiger partial charge in [0.25, 0.3) is 11.5 Å². The largest absolute Gasteiger partial charge is 0.348 e. The highest BCUT2D eigenvalue weighted by atomic mass is 32.1. The van der Waals surface area contributed by atoms with E-state index in [-0.39, 0.29) is 18.0 Å². The summed E-state index contributed by atoms with van der Waals surface area (Å²) in [5.41, 5.74) is 4.10. The molecule has 32 heavy (non-hydrogen) atoms. The van der Waals surface area contributed by atoms with Gasteiger partial charge in [0.2, 0.25) is 0 Å². The van der Waals surface area contributed by atoms with Gasteiger partial charge < -0.3 is 15.2 Å². The van der Waals surface area contributed by atoms with Crippen LogP contribution in [-0.2, 0) is 6.54 Å². The molecule has 0 aliphatic heterocycles. The second-order valence-corrected chi connectivity index (χ2v) is 10.7. The number of rotatable bonds is 8. The molecule has 1 atom stereocenters. The van der Waals surface area contributed by atoms with Crippen LogP contribution in [0.3, 0.4) is 0 Å². The van der Waals surface area contributed by atoms with E-state index in [1.54, 1.807) is 11.3 Å². The smallest absolute Gasteiger partial charge is 0.253 e. The number of aromatic nitrogens is 1. The van der Waals surface area contributed by atoms with Crippen LogP contribution in [0.5, 0.6) is 0 Å². The molecule has 0 saturated heterocycles. The molecule has 1 unspecified atom stereocenters. The molecule has 1 aliphatic carbocycles. The third-order valence-corrected chi connectivity index (χ3v) is 8.52. The Kier molecular flexibility index (Phi) is 8.34. The van der Waals surface area contributed by atoms with Crippen LogP contribution in [0.4, 0.5) is 0 Å². The maximum atomic E-state index is 12.9. The number of aryl methyl sites for hydroxylation is 2. The van der Waals surface area contributed by atoms with Crippen LogP contribution in [0.2, 0.25) is 0 Å². The number of carbonyl (C=O) groups excluding carboxylic acids is 1. The first kappa shape index (κ1) is 24.7. The van der Waals surface area contributed by atoms with E-state index in [2.05, 4.69) is 43.1 Å². The van der Waals surface area contributed by atoms with Crippen molar-refractivity contribution in [1.29, 1.82) is 0 Å². The topological polar surface area (TPSA) is 65.2 Å². The molecule has 2 heterocycles. The van der Waals surface area contributed by atoms with Crippen molar-refractivity contribution >= 4 is 17.2 Å². The second-order valence-electron chi connectivity index (χ2n) is 9.74. The number of nitrogens with one attached hydrogen (secondary N) is 2. The molecule has 1 amide bonds. The lowest BCUT2D eigenvalue weighted by molar-refractivity contribution is 0.0950. The number of thiophene rings is 1. The molecule has 6 heteroatoms. The number of amides is 1. The van der Waals surface area contributed by atoms with Crippen molar-refractivity contribution in [3.63, 3.8) is 0 Å². The van der Waals surface area contributed by atoms with Gasteiger partial charge in [-0.1, -0.05) is 6.92 Å². The van der Waals surface area contributed by atoms with E-state index in [0.29, 0.717) is 11.5 Å². The summed E-state index contributed by atoms with van der Waals surface area (Å²) in [5.74, 6) is 1.21. The minimum atomic E-state index is -0.124. The first-order valence-electron chi connectivity index (χ1n) is 11.9. The molecule has 176 valence electrons. The van der Waals surface area contributed by atoms with E-state index in [1.807, 2.05) is 25.3 Å². The van der Waals surface area contributed by atoms with Crippen LogP contribution in [-0.4, -0.2) is 35.9 Å². The predicted octanol–water partition coefficient (Wildman–Crippen LogP) is 5.30. The van der Waals surface area contributed by atoms with Gasteiger partial charge in [0.1, 0.15) is 0 Å². The van der Waals surface area contributed by atoms with Crippen molar-refractivity contribution in [2.75, 3.05) is 14.1 Å². The zero-order chi connectivity index (χ0) is 23.4. The van der Waals surface area contributed by atoms with Crippen molar-refractivity contribution in [2.24, 2.45) is 5.92 Å². The van der Waals surface area contributed by atoms with E-state index in [1.165, 1.54) is 37.0 Å². The molecule has 2 N–H and O–H groups in total. The lowest BCUT2D eigenvalue weighted by Gasteiger charge is -2.34. The van der Waals surface area contributed by atoms with Gasteiger partial charge >= 0.3 is 0 Å². The molecule has 2 aromatic rings. The summed E-state index contributed by atoms with van der Waals surface area (Å²) in [6, 6.07) is 2.67. The van der Waals surface area contributed by atoms with Gasteiger partial charge in [0.05, 0.1) is 5.56 Å². The van der Waals surface area contributed by atoms with E-state index in [4.69, 9.17) is 0 Å². The Morgan fingerprint density at radius 3 is 2.50 bits per heavy atom. The number of aromatic amines is 1. The maximum absolute atomic E-state index is 12.9. The molecule has 0 bridgehead atoms. The Hall–Kier alpha value is -1.92.